The molecule has 0 spiro atoms. The minimum absolute atomic E-state index is 0.0282. The predicted octanol–water partition coefficient (Wildman–Crippen LogP) is 0.970. The lowest BCUT2D eigenvalue weighted by Gasteiger charge is -2.38. The first-order chi connectivity index (χ1) is 12.1. The summed E-state index contributed by atoms with van der Waals surface area (Å²) in [5.41, 5.74) is 1.15. The Balaban J connectivity index is 1.42. The Bertz CT molecular complexity index is 591. The highest BCUT2D eigenvalue weighted by molar-refractivity contribution is 5.79. The van der Waals surface area contributed by atoms with Crippen molar-refractivity contribution in [1.29, 1.82) is 0 Å². The van der Waals surface area contributed by atoms with E-state index in [2.05, 4.69) is 0 Å². The lowest BCUT2D eigenvalue weighted by atomic mass is 10.2. The van der Waals surface area contributed by atoms with Crippen LogP contribution in [0.2, 0.25) is 0 Å². The van der Waals surface area contributed by atoms with Gasteiger partial charge in [0.05, 0.1) is 13.2 Å². The molecule has 0 radical (unpaired) electrons. The number of aryl methyl sites for hydroxylation is 1. The van der Waals surface area contributed by atoms with Crippen LogP contribution in [-0.2, 0) is 9.53 Å². The van der Waals surface area contributed by atoms with Gasteiger partial charge in [0, 0.05) is 39.3 Å². The number of carbonyl (C=O) groups excluding carboxylic acids is 2. The standard InChI is InChI=1S/C18H25N3O4/c1-15-2-4-16(5-3-15)25-14-17(22)19-6-8-20(9-7-19)18(23)21-10-12-24-13-11-21/h2-5H,6-14H2,1H3. The number of morpholine rings is 1. The average molecular weight is 347 g/mol. The maximum Gasteiger partial charge on any atom is 0.320 e. The maximum absolute atomic E-state index is 12.4. The van der Waals surface area contributed by atoms with E-state index in [-0.39, 0.29) is 18.5 Å². The Morgan fingerprint density at radius 1 is 0.920 bits per heavy atom. The summed E-state index contributed by atoms with van der Waals surface area (Å²) < 4.78 is 10.8. The molecule has 0 atom stereocenters. The molecule has 0 aliphatic carbocycles. The predicted molar refractivity (Wildman–Crippen MR) is 92.6 cm³/mol. The largest absolute Gasteiger partial charge is 0.484 e. The second-order valence-corrected chi connectivity index (χ2v) is 6.35. The molecule has 2 aliphatic heterocycles. The van der Waals surface area contributed by atoms with Crippen LogP contribution in [0.25, 0.3) is 0 Å². The minimum atomic E-state index is -0.0425. The summed E-state index contributed by atoms with van der Waals surface area (Å²) in [7, 11) is 0. The fraction of sp³-hybridized carbons (Fsp3) is 0.556. The molecule has 2 saturated heterocycles. The summed E-state index contributed by atoms with van der Waals surface area (Å²) in [5, 5.41) is 0. The third-order valence-electron chi connectivity index (χ3n) is 4.57. The van der Waals surface area contributed by atoms with Crippen LogP contribution in [0.4, 0.5) is 4.79 Å². The van der Waals surface area contributed by atoms with Crippen molar-refractivity contribution in [3.8, 4) is 5.75 Å². The summed E-state index contributed by atoms with van der Waals surface area (Å²) in [6, 6.07) is 7.68. The van der Waals surface area contributed by atoms with Crippen LogP contribution in [0.1, 0.15) is 5.56 Å². The molecule has 25 heavy (non-hydrogen) atoms. The number of hydrogen-bond acceptors (Lipinski definition) is 4. The van der Waals surface area contributed by atoms with Gasteiger partial charge in [-0.3, -0.25) is 4.79 Å². The van der Waals surface area contributed by atoms with Gasteiger partial charge in [-0.2, -0.15) is 0 Å². The molecule has 0 N–H and O–H groups in total. The lowest BCUT2D eigenvalue weighted by Crippen LogP contribution is -2.56. The highest BCUT2D eigenvalue weighted by Gasteiger charge is 2.28. The molecule has 7 heteroatoms. The summed E-state index contributed by atoms with van der Waals surface area (Å²) in [6.07, 6.45) is 0. The molecule has 0 bridgehead atoms. The van der Waals surface area contributed by atoms with Gasteiger partial charge in [0.25, 0.3) is 5.91 Å². The molecule has 1 aromatic rings. The van der Waals surface area contributed by atoms with Crippen LogP contribution in [0, 0.1) is 6.92 Å². The van der Waals surface area contributed by atoms with E-state index in [4.69, 9.17) is 9.47 Å². The molecular weight excluding hydrogens is 322 g/mol. The summed E-state index contributed by atoms with van der Waals surface area (Å²) in [4.78, 5) is 30.1. The molecule has 3 rings (SSSR count). The van der Waals surface area contributed by atoms with Gasteiger partial charge in [-0.05, 0) is 19.1 Å². The van der Waals surface area contributed by atoms with Crippen molar-refractivity contribution in [3.63, 3.8) is 0 Å². The van der Waals surface area contributed by atoms with E-state index < -0.39 is 0 Å². The van der Waals surface area contributed by atoms with Crippen molar-refractivity contribution in [2.45, 2.75) is 6.92 Å². The van der Waals surface area contributed by atoms with Gasteiger partial charge in [0.15, 0.2) is 6.61 Å². The Morgan fingerprint density at radius 3 is 2.12 bits per heavy atom. The molecule has 2 fully saturated rings. The molecule has 3 amide bonds. The number of piperazine rings is 1. The van der Waals surface area contributed by atoms with Crippen molar-refractivity contribution < 1.29 is 19.1 Å². The maximum atomic E-state index is 12.4. The topological polar surface area (TPSA) is 62.3 Å². The minimum Gasteiger partial charge on any atom is -0.484 e. The SMILES string of the molecule is Cc1ccc(OCC(=O)N2CCN(C(=O)N3CCOCC3)CC2)cc1. The number of hydrogen-bond donors (Lipinski definition) is 0. The first-order valence-corrected chi connectivity index (χ1v) is 8.72. The number of benzene rings is 1. The van der Waals surface area contributed by atoms with Crippen LogP contribution < -0.4 is 4.74 Å². The number of carbonyl (C=O) groups is 2. The Hall–Kier alpha value is -2.28. The third-order valence-corrected chi connectivity index (χ3v) is 4.57. The molecule has 2 heterocycles. The van der Waals surface area contributed by atoms with Crippen molar-refractivity contribution in [3.05, 3.63) is 29.8 Å². The second kappa shape index (κ2) is 8.20. The zero-order valence-corrected chi connectivity index (χ0v) is 14.6. The quantitative estimate of drug-likeness (QED) is 0.817. The fourth-order valence-electron chi connectivity index (χ4n) is 2.97. The van der Waals surface area contributed by atoms with Crippen LogP contribution in [0.5, 0.6) is 5.75 Å². The van der Waals surface area contributed by atoms with Gasteiger partial charge in [-0.15, -0.1) is 0 Å². The van der Waals surface area contributed by atoms with Crippen LogP contribution in [0.15, 0.2) is 24.3 Å². The Morgan fingerprint density at radius 2 is 1.48 bits per heavy atom. The molecule has 2 aliphatic rings. The van der Waals surface area contributed by atoms with Gasteiger partial charge in [-0.25, -0.2) is 4.79 Å². The van der Waals surface area contributed by atoms with Crippen LogP contribution in [0.3, 0.4) is 0 Å². The third kappa shape index (κ3) is 4.63. The van der Waals surface area contributed by atoms with Crippen LogP contribution in [-0.4, -0.2) is 85.7 Å². The van der Waals surface area contributed by atoms with Gasteiger partial charge in [-0.1, -0.05) is 17.7 Å². The second-order valence-electron chi connectivity index (χ2n) is 6.35. The zero-order valence-electron chi connectivity index (χ0n) is 14.6. The average Bonchev–Trinajstić information content (AvgIpc) is 2.67. The number of urea groups is 1. The van der Waals surface area contributed by atoms with Gasteiger partial charge in [0.1, 0.15) is 5.75 Å². The fourth-order valence-corrected chi connectivity index (χ4v) is 2.97. The summed E-state index contributed by atoms with van der Waals surface area (Å²) in [6.45, 7) is 6.73. The van der Waals surface area contributed by atoms with Gasteiger partial charge < -0.3 is 24.2 Å². The van der Waals surface area contributed by atoms with E-state index in [1.54, 1.807) is 4.90 Å². The summed E-state index contributed by atoms with van der Waals surface area (Å²) in [5.74, 6) is 0.652. The van der Waals surface area contributed by atoms with E-state index in [1.165, 1.54) is 0 Å². The number of ether oxygens (including phenoxy) is 2. The van der Waals surface area contributed by atoms with Crippen molar-refractivity contribution >= 4 is 11.9 Å². The van der Waals surface area contributed by atoms with E-state index in [0.29, 0.717) is 58.2 Å². The van der Waals surface area contributed by atoms with E-state index in [9.17, 15) is 9.59 Å². The molecule has 7 nitrogen and oxygen atoms in total. The Labute approximate surface area is 148 Å². The van der Waals surface area contributed by atoms with Gasteiger partial charge in [0.2, 0.25) is 0 Å². The molecule has 0 saturated carbocycles. The zero-order chi connectivity index (χ0) is 17.6. The highest BCUT2D eigenvalue weighted by atomic mass is 16.5. The number of rotatable bonds is 3. The van der Waals surface area contributed by atoms with Crippen molar-refractivity contribution in [2.75, 3.05) is 59.1 Å². The van der Waals surface area contributed by atoms with E-state index in [0.717, 1.165) is 5.56 Å². The smallest absolute Gasteiger partial charge is 0.320 e. The molecule has 136 valence electrons. The molecule has 1 aromatic carbocycles. The highest BCUT2D eigenvalue weighted by Crippen LogP contribution is 2.12. The first kappa shape index (κ1) is 17.5. The van der Waals surface area contributed by atoms with Crippen molar-refractivity contribution in [2.24, 2.45) is 0 Å². The van der Waals surface area contributed by atoms with E-state index >= 15 is 0 Å². The molecular formula is C18H25N3O4. The number of nitrogens with zero attached hydrogens (tertiary/aromatic N) is 3. The number of amides is 3. The molecule has 0 unspecified atom stereocenters. The lowest BCUT2D eigenvalue weighted by molar-refractivity contribution is -0.134. The van der Waals surface area contributed by atoms with Crippen molar-refractivity contribution in [1.82, 2.24) is 14.7 Å². The summed E-state index contributed by atoms with van der Waals surface area (Å²) >= 11 is 0. The van der Waals surface area contributed by atoms with Gasteiger partial charge >= 0.3 is 6.03 Å². The monoisotopic (exact) mass is 347 g/mol. The van der Waals surface area contributed by atoms with E-state index in [1.807, 2.05) is 41.0 Å². The Kier molecular flexibility index (Phi) is 5.75. The molecule has 0 aromatic heterocycles. The first-order valence-electron chi connectivity index (χ1n) is 8.72. The van der Waals surface area contributed by atoms with Crippen LogP contribution >= 0.6 is 0 Å². The normalized spacial score (nSPS) is 18.2.